The highest BCUT2D eigenvalue weighted by atomic mass is 32.2. The summed E-state index contributed by atoms with van der Waals surface area (Å²) >= 11 is 1.91. The Morgan fingerprint density at radius 1 is 1.21 bits per heavy atom. The van der Waals surface area contributed by atoms with Gasteiger partial charge in [-0.3, -0.25) is 0 Å². The minimum atomic E-state index is 0.554. The molecule has 0 spiro atoms. The highest BCUT2D eigenvalue weighted by molar-refractivity contribution is 7.98. The first kappa shape index (κ1) is 13.8. The molecular formula is C14H19N3OS. The Morgan fingerprint density at radius 3 is 2.63 bits per heavy atom. The van der Waals surface area contributed by atoms with Gasteiger partial charge in [-0.1, -0.05) is 24.8 Å². The van der Waals surface area contributed by atoms with E-state index in [0.717, 1.165) is 23.8 Å². The number of nitrogens with zero attached hydrogens (tertiary/aromatic N) is 1. The van der Waals surface area contributed by atoms with Gasteiger partial charge in [-0.15, -0.1) is 5.12 Å². The SMILES string of the molecule is C=CCOc1ccc(CSCCN2NC=CN2)cc1. The van der Waals surface area contributed by atoms with Crippen molar-refractivity contribution in [3.05, 3.63) is 54.9 Å². The van der Waals surface area contributed by atoms with Crippen LogP contribution < -0.4 is 15.6 Å². The molecule has 0 saturated heterocycles. The number of thioether (sulfide) groups is 1. The van der Waals surface area contributed by atoms with Crippen molar-refractivity contribution in [2.75, 3.05) is 18.9 Å². The van der Waals surface area contributed by atoms with Crippen LogP contribution in [0.4, 0.5) is 0 Å². The van der Waals surface area contributed by atoms with Gasteiger partial charge in [0.1, 0.15) is 12.4 Å². The molecule has 0 aromatic heterocycles. The zero-order valence-electron chi connectivity index (χ0n) is 10.8. The average molecular weight is 277 g/mol. The molecular weight excluding hydrogens is 258 g/mol. The maximum absolute atomic E-state index is 5.45. The normalized spacial score (nSPS) is 13.9. The highest BCUT2D eigenvalue weighted by Gasteiger charge is 2.03. The molecule has 2 N–H and O–H groups in total. The lowest BCUT2D eigenvalue weighted by Crippen LogP contribution is -2.39. The number of benzene rings is 1. The number of hydrogen-bond donors (Lipinski definition) is 2. The zero-order valence-corrected chi connectivity index (χ0v) is 11.7. The van der Waals surface area contributed by atoms with Crippen molar-refractivity contribution in [1.82, 2.24) is 16.0 Å². The molecule has 0 bridgehead atoms. The molecule has 0 atom stereocenters. The lowest BCUT2D eigenvalue weighted by Gasteiger charge is -2.15. The first-order chi connectivity index (χ1) is 9.38. The van der Waals surface area contributed by atoms with Gasteiger partial charge in [-0.25, -0.2) is 0 Å². The fourth-order valence-electron chi connectivity index (χ4n) is 1.60. The van der Waals surface area contributed by atoms with Gasteiger partial charge in [0, 0.05) is 30.5 Å². The van der Waals surface area contributed by atoms with Crippen LogP contribution in [0.25, 0.3) is 0 Å². The van der Waals surface area contributed by atoms with E-state index in [9.17, 15) is 0 Å². The lowest BCUT2D eigenvalue weighted by atomic mass is 10.2. The Labute approximate surface area is 118 Å². The van der Waals surface area contributed by atoms with Gasteiger partial charge in [-0.05, 0) is 17.7 Å². The van der Waals surface area contributed by atoms with E-state index in [1.807, 2.05) is 41.4 Å². The van der Waals surface area contributed by atoms with E-state index in [0.29, 0.717) is 6.61 Å². The molecule has 1 aliphatic heterocycles. The van der Waals surface area contributed by atoms with Crippen LogP contribution in [0, 0.1) is 0 Å². The van der Waals surface area contributed by atoms with Crippen molar-refractivity contribution < 1.29 is 4.74 Å². The van der Waals surface area contributed by atoms with Crippen LogP contribution in [0.3, 0.4) is 0 Å². The van der Waals surface area contributed by atoms with Crippen molar-refractivity contribution in [1.29, 1.82) is 0 Å². The molecule has 19 heavy (non-hydrogen) atoms. The fourth-order valence-corrected chi connectivity index (χ4v) is 2.49. The highest BCUT2D eigenvalue weighted by Crippen LogP contribution is 2.16. The molecule has 0 aliphatic carbocycles. The number of ether oxygens (including phenoxy) is 1. The molecule has 0 unspecified atom stereocenters. The minimum absolute atomic E-state index is 0.554. The van der Waals surface area contributed by atoms with Gasteiger partial charge in [0.25, 0.3) is 0 Å². The lowest BCUT2D eigenvalue weighted by molar-refractivity contribution is 0.207. The monoisotopic (exact) mass is 277 g/mol. The number of hydrogen-bond acceptors (Lipinski definition) is 5. The van der Waals surface area contributed by atoms with Crippen LogP contribution in [-0.4, -0.2) is 24.0 Å². The van der Waals surface area contributed by atoms with Gasteiger partial charge in [-0.2, -0.15) is 11.8 Å². The van der Waals surface area contributed by atoms with Crippen molar-refractivity contribution >= 4 is 11.8 Å². The van der Waals surface area contributed by atoms with Crippen molar-refractivity contribution in [2.24, 2.45) is 0 Å². The maximum atomic E-state index is 5.45. The van der Waals surface area contributed by atoms with Crippen LogP contribution >= 0.6 is 11.8 Å². The van der Waals surface area contributed by atoms with Crippen LogP contribution in [0.5, 0.6) is 5.75 Å². The molecule has 1 aromatic rings. The Hall–Kier alpha value is -1.59. The smallest absolute Gasteiger partial charge is 0.119 e. The number of hydrazine groups is 2. The van der Waals surface area contributed by atoms with Gasteiger partial charge in [0.2, 0.25) is 0 Å². The van der Waals surface area contributed by atoms with E-state index in [2.05, 4.69) is 29.6 Å². The molecule has 0 amide bonds. The molecule has 102 valence electrons. The number of nitrogens with one attached hydrogen (secondary N) is 2. The molecule has 0 saturated carbocycles. The second kappa shape index (κ2) is 7.76. The maximum Gasteiger partial charge on any atom is 0.119 e. The van der Waals surface area contributed by atoms with Gasteiger partial charge in [0.15, 0.2) is 0 Å². The molecule has 4 nitrogen and oxygen atoms in total. The summed E-state index contributed by atoms with van der Waals surface area (Å²) in [5.74, 6) is 2.98. The first-order valence-electron chi connectivity index (χ1n) is 6.24. The van der Waals surface area contributed by atoms with E-state index in [1.54, 1.807) is 6.08 Å². The van der Waals surface area contributed by atoms with Crippen molar-refractivity contribution in [2.45, 2.75) is 5.75 Å². The number of rotatable bonds is 8. The molecule has 0 radical (unpaired) electrons. The van der Waals surface area contributed by atoms with E-state index < -0.39 is 0 Å². The molecule has 1 aromatic carbocycles. The Bertz CT molecular complexity index is 411. The third-order valence-corrected chi connectivity index (χ3v) is 3.57. The Morgan fingerprint density at radius 2 is 1.95 bits per heavy atom. The molecule has 5 heteroatoms. The van der Waals surface area contributed by atoms with E-state index in [-0.39, 0.29) is 0 Å². The Kier molecular flexibility index (Phi) is 5.65. The second-order valence-electron chi connectivity index (χ2n) is 4.04. The summed E-state index contributed by atoms with van der Waals surface area (Å²) in [7, 11) is 0. The molecule has 0 fully saturated rings. The topological polar surface area (TPSA) is 36.5 Å². The van der Waals surface area contributed by atoms with Crippen LogP contribution in [0.2, 0.25) is 0 Å². The first-order valence-corrected chi connectivity index (χ1v) is 7.39. The summed E-state index contributed by atoms with van der Waals surface area (Å²) in [6.07, 6.45) is 5.51. The van der Waals surface area contributed by atoms with Crippen LogP contribution in [0.1, 0.15) is 5.56 Å². The van der Waals surface area contributed by atoms with Gasteiger partial charge >= 0.3 is 0 Å². The van der Waals surface area contributed by atoms with E-state index in [1.165, 1.54) is 5.56 Å². The quantitative estimate of drug-likeness (QED) is 0.563. The predicted octanol–water partition coefficient (Wildman–Crippen LogP) is 2.28. The van der Waals surface area contributed by atoms with Crippen LogP contribution in [0.15, 0.2) is 49.3 Å². The fraction of sp³-hybridized carbons (Fsp3) is 0.286. The Balaban J connectivity index is 1.63. The molecule has 2 rings (SSSR count). The molecule has 1 heterocycles. The van der Waals surface area contributed by atoms with Gasteiger partial charge in [0.05, 0.1) is 0 Å². The van der Waals surface area contributed by atoms with E-state index >= 15 is 0 Å². The summed E-state index contributed by atoms with van der Waals surface area (Å²) < 4.78 is 5.45. The predicted molar refractivity (Wildman–Crippen MR) is 80.4 cm³/mol. The van der Waals surface area contributed by atoms with Crippen molar-refractivity contribution in [3.63, 3.8) is 0 Å². The summed E-state index contributed by atoms with van der Waals surface area (Å²) in [6, 6.07) is 8.23. The largest absolute Gasteiger partial charge is 0.490 e. The summed E-state index contributed by atoms with van der Waals surface area (Å²) in [4.78, 5) is 0. The summed E-state index contributed by atoms with van der Waals surface area (Å²) in [5.41, 5.74) is 7.49. The standard InChI is InChI=1S/C14H19N3OS/c1-2-10-18-14-5-3-13(4-6-14)12-19-11-9-17-15-7-8-16-17/h2-8,15-16H,1,9-12H2. The van der Waals surface area contributed by atoms with Crippen molar-refractivity contribution in [3.8, 4) is 5.75 Å². The third kappa shape index (κ3) is 4.89. The van der Waals surface area contributed by atoms with Gasteiger partial charge < -0.3 is 15.6 Å². The zero-order chi connectivity index (χ0) is 13.3. The summed E-state index contributed by atoms with van der Waals surface area (Å²) in [6.45, 7) is 5.14. The van der Waals surface area contributed by atoms with Crippen LogP contribution in [-0.2, 0) is 5.75 Å². The second-order valence-corrected chi connectivity index (χ2v) is 5.14. The minimum Gasteiger partial charge on any atom is -0.490 e. The molecule has 1 aliphatic rings. The average Bonchev–Trinajstić information content (AvgIpc) is 2.96. The third-order valence-electron chi connectivity index (χ3n) is 2.56. The summed E-state index contributed by atoms with van der Waals surface area (Å²) in [5, 5.41) is 1.96. The van der Waals surface area contributed by atoms with E-state index in [4.69, 9.17) is 4.74 Å².